The second-order valence-electron chi connectivity index (χ2n) is 4.32. The highest BCUT2D eigenvalue weighted by Gasteiger charge is 2.17. The number of hydrogen-bond donors (Lipinski definition) is 0. The largest absolute Gasteiger partial charge is 0.463 e. The number of carbonyl (C=O) groups is 2. The van der Waals surface area contributed by atoms with E-state index in [1.807, 2.05) is 0 Å². The van der Waals surface area contributed by atoms with E-state index in [-0.39, 0.29) is 24.6 Å². The molecule has 1 aliphatic heterocycles. The van der Waals surface area contributed by atoms with Gasteiger partial charge in [-0.15, -0.1) is 0 Å². The molecule has 5 nitrogen and oxygen atoms in total. The first-order valence-electron chi connectivity index (χ1n) is 6.02. The fourth-order valence-electron chi connectivity index (χ4n) is 1.59. The minimum absolute atomic E-state index is 0.0892. The molecule has 1 rings (SSSR count). The van der Waals surface area contributed by atoms with Crippen molar-refractivity contribution in [2.45, 2.75) is 51.9 Å². The fraction of sp³-hybridized carbons (Fsp3) is 0.833. The Morgan fingerprint density at radius 2 is 1.94 bits per heavy atom. The predicted octanol–water partition coefficient (Wildman–Crippen LogP) is 1.44. The molecular formula is C12H20O5. The van der Waals surface area contributed by atoms with Crippen LogP contribution in [0.1, 0.15) is 39.5 Å². The second kappa shape index (κ2) is 7.40. The third-order valence-electron chi connectivity index (χ3n) is 2.29. The molecule has 98 valence electrons. The average Bonchev–Trinajstić information content (AvgIpc) is 2.68. The highest BCUT2D eigenvalue weighted by atomic mass is 16.7. The lowest BCUT2D eigenvalue weighted by Gasteiger charge is -2.09. The molecular weight excluding hydrogens is 224 g/mol. The standard InChI is InChI=1S/C12H20O5/c1-9(2)17-11(14)8-10(13)4-3-5-12-15-6-7-16-12/h9,12H,3-8H2,1-2H3. The van der Waals surface area contributed by atoms with Crippen LogP contribution in [0.25, 0.3) is 0 Å². The molecule has 0 unspecified atom stereocenters. The zero-order valence-electron chi connectivity index (χ0n) is 10.4. The van der Waals surface area contributed by atoms with E-state index in [1.54, 1.807) is 13.8 Å². The van der Waals surface area contributed by atoms with Crippen molar-refractivity contribution < 1.29 is 23.8 Å². The maximum absolute atomic E-state index is 11.4. The van der Waals surface area contributed by atoms with Gasteiger partial charge in [0.05, 0.1) is 19.3 Å². The molecule has 0 amide bonds. The van der Waals surface area contributed by atoms with E-state index >= 15 is 0 Å². The summed E-state index contributed by atoms with van der Waals surface area (Å²) >= 11 is 0. The molecule has 0 radical (unpaired) electrons. The monoisotopic (exact) mass is 244 g/mol. The number of esters is 1. The van der Waals surface area contributed by atoms with Crippen LogP contribution >= 0.6 is 0 Å². The van der Waals surface area contributed by atoms with Gasteiger partial charge in [-0.25, -0.2) is 0 Å². The van der Waals surface area contributed by atoms with Crippen molar-refractivity contribution in [2.75, 3.05) is 13.2 Å². The van der Waals surface area contributed by atoms with Crippen LogP contribution in [0, 0.1) is 0 Å². The number of carbonyl (C=O) groups excluding carboxylic acids is 2. The highest BCUT2D eigenvalue weighted by Crippen LogP contribution is 2.12. The van der Waals surface area contributed by atoms with E-state index in [0.29, 0.717) is 32.5 Å². The zero-order chi connectivity index (χ0) is 12.7. The topological polar surface area (TPSA) is 61.8 Å². The van der Waals surface area contributed by atoms with E-state index in [2.05, 4.69) is 0 Å². The molecule has 0 spiro atoms. The van der Waals surface area contributed by atoms with Crippen LogP contribution in [0.4, 0.5) is 0 Å². The fourth-order valence-corrected chi connectivity index (χ4v) is 1.59. The molecule has 1 heterocycles. The maximum Gasteiger partial charge on any atom is 0.313 e. The van der Waals surface area contributed by atoms with Gasteiger partial charge in [0.15, 0.2) is 6.29 Å². The van der Waals surface area contributed by atoms with Crippen molar-refractivity contribution in [3.05, 3.63) is 0 Å². The molecule has 0 aliphatic carbocycles. The summed E-state index contributed by atoms with van der Waals surface area (Å²) in [6, 6.07) is 0. The van der Waals surface area contributed by atoms with Crippen LogP contribution in [-0.4, -0.2) is 37.4 Å². The summed E-state index contributed by atoms with van der Waals surface area (Å²) in [5.41, 5.74) is 0. The molecule has 0 atom stereocenters. The maximum atomic E-state index is 11.4. The number of ketones is 1. The zero-order valence-corrected chi connectivity index (χ0v) is 10.4. The lowest BCUT2D eigenvalue weighted by atomic mass is 10.1. The Balaban J connectivity index is 2.06. The first-order chi connectivity index (χ1) is 8.08. The molecule has 1 aliphatic rings. The van der Waals surface area contributed by atoms with Crippen LogP contribution in [0.5, 0.6) is 0 Å². The van der Waals surface area contributed by atoms with Gasteiger partial charge >= 0.3 is 5.97 Å². The number of Topliss-reactive ketones (excluding diaryl/α,β-unsaturated/α-hetero) is 1. The van der Waals surface area contributed by atoms with Gasteiger partial charge in [0.25, 0.3) is 0 Å². The molecule has 0 bridgehead atoms. The molecule has 0 aromatic rings. The van der Waals surface area contributed by atoms with Gasteiger partial charge in [0.1, 0.15) is 12.2 Å². The molecule has 0 N–H and O–H groups in total. The van der Waals surface area contributed by atoms with Crippen molar-refractivity contribution >= 4 is 11.8 Å². The summed E-state index contributed by atoms with van der Waals surface area (Å²) in [7, 11) is 0. The summed E-state index contributed by atoms with van der Waals surface area (Å²) in [5.74, 6) is -0.535. The second-order valence-corrected chi connectivity index (χ2v) is 4.32. The lowest BCUT2D eigenvalue weighted by Crippen LogP contribution is -2.16. The predicted molar refractivity (Wildman–Crippen MR) is 60.4 cm³/mol. The SMILES string of the molecule is CC(C)OC(=O)CC(=O)CCCC1OCCO1. The molecule has 17 heavy (non-hydrogen) atoms. The molecule has 0 saturated carbocycles. The van der Waals surface area contributed by atoms with Gasteiger partial charge in [0, 0.05) is 6.42 Å². The van der Waals surface area contributed by atoms with Crippen LogP contribution in [0.15, 0.2) is 0 Å². The van der Waals surface area contributed by atoms with Crippen molar-refractivity contribution in [1.82, 2.24) is 0 Å². The third kappa shape index (κ3) is 6.38. The van der Waals surface area contributed by atoms with E-state index < -0.39 is 5.97 Å². The van der Waals surface area contributed by atoms with Gasteiger partial charge in [0.2, 0.25) is 0 Å². The summed E-state index contributed by atoms with van der Waals surface area (Å²) in [6.07, 6.45) is 1.27. The van der Waals surface area contributed by atoms with Crippen molar-refractivity contribution in [2.24, 2.45) is 0 Å². The summed E-state index contributed by atoms with van der Waals surface area (Å²) in [6.45, 7) is 4.77. The van der Waals surface area contributed by atoms with Crippen LogP contribution in [0.3, 0.4) is 0 Å². The molecule has 1 saturated heterocycles. The van der Waals surface area contributed by atoms with Crippen LogP contribution in [0.2, 0.25) is 0 Å². The number of hydrogen-bond acceptors (Lipinski definition) is 5. The molecule has 0 aromatic carbocycles. The van der Waals surface area contributed by atoms with Crippen molar-refractivity contribution in [1.29, 1.82) is 0 Å². The van der Waals surface area contributed by atoms with Gasteiger partial charge in [-0.3, -0.25) is 9.59 Å². The van der Waals surface area contributed by atoms with E-state index in [4.69, 9.17) is 14.2 Å². The van der Waals surface area contributed by atoms with Gasteiger partial charge in [-0.2, -0.15) is 0 Å². The minimum Gasteiger partial charge on any atom is -0.463 e. The highest BCUT2D eigenvalue weighted by molar-refractivity contribution is 5.95. The van der Waals surface area contributed by atoms with Crippen molar-refractivity contribution in [3.63, 3.8) is 0 Å². The average molecular weight is 244 g/mol. The van der Waals surface area contributed by atoms with E-state index in [0.717, 1.165) is 0 Å². The van der Waals surface area contributed by atoms with E-state index in [1.165, 1.54) is 0 Å². The molecule has 1 fully saturated rings. The first-order valence-corrected chi connectivity index (χ1v) is 6.02. The summed E-state index contributed by atoms with van der Waals surface area (Å²) in [4.78, 5) is 22.6. The lowest BCUT2D eigenvalue weighted by molar-refractivity contribution is -0.149. The molecule has 0 aromatic heterocycles. The van der Waals surface area contributed by atoms with E-state index in [9.17, 15) is 9.59 Å². The van der Waals surface area contributed by atoms with Crippen molar-refractivity contribution in [3.8, 4) is 0 Å². The number of ether oxygens (including phenoxy) is 3. The Morgan fingerprint density at radius 1 is 1.29 bits per heavy atom. The van der Waals surface area contributed by atoms with Crippen LogP contribution in [-0.2, 0) is 23.8 Å². The Hall–Kier alpha value is -0.940. The minimum atomic E-state index is -0.446. The van der Waals surface area contributed by atoms with Gasteiger partial charge in [-0.1, -0.05) is 0 Å². The van der Waals surface area contributed by atoms with Gasteiger partial charge in [-0.05, 0) is 26.7 Å². The Kier molecular flexibility index (Phi) is 6.15. The third-order valence-corrected chi connectivity index (χ3v) is 2.29. The number of rotatable bonds is 7. The Morgan fingerprint density at radius 3 is 2.53 bits per heavy atom. The normalized spacial score (nSPS) is 16.4. The summed E-state index contributed by atoms with van der Waals surface area (Å²) < 4.78 is 15.4. The Bertz CT molecular complexity index is 256. The molecule has 5 heteroatoms. The van der Waals surface area contributed by atoms with Gasteiger partial charge < -0.3 is 14.2 Å². The Labute approximate surface area is 101 Å². The smallest absolute Gasteiger partial charge is 0.313 e. The summed E-state index contributed by atoms with van der Waals surface area (Å²) in [5, 5.41) is 0. The quantitative estimate of drug-likeness (QED) is 0.501. The first kappa shape index (κ1) is 14.1. The van der Waals surface area contributed by atoms with Crippen LogP contribution < -0.4 is 0 Å².